The molecule has 5 nitrogen and oxygen atoms in total. The minimum atomic E-state index is 0.387. The molecule has 2 heterocycles. The number of hydrogen-bond acceptors (Lipinski definition) is 5. The molecule has 0 unspecified atom stereocenters. The first-order valence-electron chi connectivity index (χ1n) is 8.59. The molecule has 1 aliphatic rings. The molecule has 4 rings (SSSR count). The Morgan fingerprint density at radius 1 is 1.12 bits per heavy atom. The van der Waals surface area contributed by atoms with Gasteiger partial charge in [-0.05, 0) is 37.1 Å². The maximum atomic E-state index is 5.48. The average molecular weight is 335 g/mol. The van der Waals surface area contributed by atoms with Crippen molar-refractivity contribution in [3.05, 3.63) is 66.1 Å². The molecule has 0 spiro atoms. The largest absolute Gasteiger partial charge is 0.497 e. The lowest BCUT2D eigenvalue weighted by Crippen LogP contribution is -2.22. The Morgan fingerprint density at radius 3 is 2.68 bits per heavy atom. The van der Waals surface area contributed by atoms with Gasteiger partial charge in [-0.3, -0.25) is 4.90 Å². The summed E-state index contributed by atoms with van der Waals surface area (Å²) in [6, 6.07) is 18.6. The summed E-state index contributed by atoms with van der Waals surface area (Å²) < 4.78 is 10.7. The zero-order chi connectivity index (χ0) is 17.1. The molecule has 2 aromatic carbocycles. The maximum Gasteiger partial charge on any atom is 0.241 e. The fourth-order valence-electron chi connectivity index (χ4n) is 3.42. The van der Waals surface area contributed by atoms with Crippen LogP contribution in [0.25, 0.3) is 11.4 Å². The molecule has 1 aliphatic heterocycles. The van der Waals surface area contributed by atoms with Crippen LogP contribution < -0.4 is 4.74 Å². The molecule has 1 saturated heterocycles. The van der Waals surface area contributed by atoms with Gasteiger partial charge in [0.05, 0.1) is 13.7 Å². The highest BCUT2D eigenvalue weighted by Gasteiger charge is 2.27. The zero-order valence-electron chi connectivity index (χ0n) is 14.3. The summed E-state index contributed by atoms with van der Waals surface area (Å²) in [5, 5.41) is 4.12. The zero-order valence-corrected chi connectivity index (χ0v) is 14.3. The molecule has 0 amide bonds. The van der Waals surface area contributed by atoms with Gasteiger partial charge < -0.3 is 9.26 Å². The summed E-state index contributed by atoms with van der Waals surface area (Å²) >= 11 is 0. The van der Waals surface area contributed by atoms with E-state index in [0.29, 0.717) is 24.3 Å². The first-order chi connectivity index (χ1) is 12.3. The van der Waals surface area contributed by atoms with Gasteiger partial charge in [-0.15, -0.1) is 0 Å². The Labute approximate surface area is 147 Å². The highest BCUT2D eigenvalue weighted by atomic mass is 16.5. The van der Waals surface area contributed by atoms with E-state index in [1.54, 1.807) is 7.11 Å². The Morgan fingerprint density at radius 2 is 1.92 bits per heavy atom. The van der Waals surface area contributed by atoms with E-state index in [9.17, 15) is 0 Å². The highest BCUT2D eigenvalue weighted by molar-refractivity contribution is 5.53. The molecule has 0 aliphatic carbocycles. The monoisotopic (exact) mass is 335 g/mol. The molecule has 128 valence electrons. The van der Waals surface area contributed by atoms with Crippen molar-refractivity contribution in [3.8, 4) is 17.1 Å². The molecule has 1 atom stereocenters. The summed E-state index contributed by atoms with van der Waals surface area (Å²) in [7, 11) is 1.69. The van der Waals surface area contributed by atoms with Gasteiger partial charge in [-0.1, -0.05) is 47.6 Å². The van der Waals surface area contributed by atoms with Crippen molar-refractivity contribution in [3.63, 3.8) is 0 Å². The van der Waals surface area contributed by atoms with Crippen LogP contribution in [0.5, 0.6) is 5.75 Å². The number of aromatic nitrogens is 2. The van der Waals surface area contributed by atoms with Crippen molar-refractivity contribution < 1.29 is 9.26 Å². The van der Waals surface area contributed by atoms with Gasteiger partial charge in [-0.25, -0.2) is 0 Å². The second-order valence-electron chi connectivity index (χ2n) is 6.28. The van der Waals surface area contributed by atoms with E-state index >= 15 is 0 Å². The molecule has 25 heavy (non-hydrogen) atoms. The van der Waals surface area contributed by atoms with Crippen LogP contribution >= 0.6 is 0 Å². The van der Waals surface area contributed by atoms with Crippen molar-refractivity contribution in [1.29, 1.82) is 0 Å². The van der Waals surface area contributed by atoms with Crippen LogP contribution in [0.1, 0.15) is 30.3 Å². The summed E-state index contributed by atoms with van der Waals surface area (Å²) in [5.74, 6) is 2.20. The third-order valence-corrected chi connectivity index (χ3v) is 4.70. The lowest BCUT2D eigenvalue weighted by molar-refractivity contribution is 0.212. The fraction of sp³-hybridized carbons (Fsp3) is 0.300. The van der Waals surface area contributed by atoms with Crippen LogP contribution in [0.15, 0.2) is 59.1 Å². The minimum absolute atomic E-state index is 0.387. The van der Waals surface area contributed by atoms with E-state index in [-0.39, 0.29) is 0 Å². The van der Waals surface area contributed by atoms with Crippen LogP contribution in [0, 0.1) is 0 Å². The number of methoxy groups -OCH3 is 1. The van der Waals surface area contributed by atoms with Gasteiger partial charge in [0.25, 0.3) is 0 Å². The molecular weight excluding hydrogens is 314 g/mol. The van der Waals surface area contributed by atoms with E-state index in [2.05, 4.69) is 27.2 Å². The van der Waals surface area contributed by atoms with Gasteiger partial charge >= 0.3 is 0 Å². The third-order valence-electron chi connectivity index (χ3n) is 4.70. The van der Waals surface area contributed by atoms with E-state index in [1.807, 2.05) is 42.5 Å². The Hall–Kier alpha value is -2.66. The van der Waals surface area contributed by atoms with Crippen LogP contribution in [0.3, 0.4) is 0 Å². The predicted molar refractivity (Wildman–Crippen MR) is 95.1 cm³/mol. The molecule has 0 bridgehead atoms. The molecule has 1 fully saturated rings. The topological polar surface area (TPSA) is 51.4 Å². The summed E-state index contributed by atoms with van der Waals surface area (Å²) in [6.45, 7) is 1.72. The molecule has 0 saturated carbocycles. The normalized spacial score (nSPS) is 17.7. The number of nitrogens with zero attached hydrogens (tertiary/aromatic N) is 3. The molecule has 0 N–H and O–H groups in total. The molecular formula is C20H21N3O2. The lowest BCUT2D eigenvalue weighted by atomic mass is 10.0. The second-order valence-corrected chi connectivity index (χ2v) is 6.28. The average Bonchev–Trinajstić information content (AvgIpc) is 3.33. The number of ether oxygens (including phenoxy) is 1. The summed E-state index contributed by atoms with van der Waals surface area (Å²) in [4.78, 5) is 6.97. The van der Waals surface area contributed by atoms with E-state index in [1.165, 1.54) is 12.0 Å². The molecule has 5 heteroatoms. The number of hydrogen-bond donors (Lipinski definition) is 0. The van der Waals surface area contributed by atoms with E-state index in [0.717, 1.165) is 24.3 Å². The SMILES string of the molecule is COc1ccc([C@H]2CCCN2Cc2nc(-c3ccccc3)no2)cc1. The summed E-state index contributed by atoms with van der Waals surface area (Å²) in [6.07, 6.45) is 2.32. The van der Waals surface area contributed by atoms with Gasteiger partial charge in [0.2, 0.25) is 11.7 Å². The minimum Gasteiger partial charge on any atom is -0.497 e. The maximum absolute atomic E-state index is 5.48. The van der Waals surface area contributed by atoms with Gasteiger partial charge in [-0.2, -0.15) is 4.98 Å². The van der Waals surface area contributed by atoms with Crippen LogP contribution in [0.4, 0.5) is 0 Å². The first-order valence-corrected chi connectivity index (χ1v) is 8.59. The van der Waals surface area contributed by atoms with Crippen molar-refractivity contribution >= 4 is 0 Å². The summed E-state index contributed by atoms with van der Waals surface area (Å²) in [5.41, 5.74) is 2.28. The molecule has 0 radical (unpaired) electrons. The standard InChI is InChI=1S/C20H21N3O2/c1-24-17-11-9-15(10-12-17)18-8-5-13-23(18)14-19-21-20(22-25-19)16-6-3-2-4-7-16/h2-4,6-7,9-12,18H,5,8,13-14H2,1H3/t18-/m1/s1. The number of benzene rings is 2. The van der Waals surface area contributed by atoms with E-state index < -0.39 is 0 Å². The quantitative estimate of drug-likeness (QED) is 0.703. The smallest absolute Gasteiger partial charge is 0.241 e. The molecule has 1 aromatic heterocycles. The van der Waals surface area contributed by atoms with Crippen LogP contribution in [-0.2, 0) is 6.54 Å². The fourth-order valence-corrected chi connectivity index (χ4v) is 3.42. The highest BCUT2D eigenvalue weighted by Crippen LogP contribution is 2.33. The van der Waals surface area contributed by atoms with Crippen molar-refractivity contribution in [2.75, 3.05) is 13.7 Å². The van der Waals surface area contributed by atoms with Crippen molar-refractivity contribution in [2.24, 2.45) is 0 Å². The number of likely N-dealkylation sites (tertiary alicyclic amines) is 1. The van der Waals surface area contributed by atoms with Gasteiger partial charge in [0.1, 0.15) is 5.75 Å². The Kier molecular flexibility index (Phi) is 4.48. The van der Waals surface area contributed by atoms with Gasteiger partial charge in [0, 0.05) is 11.6 Å². The first kappa shape index (κ1) is 15.8. The lowest BCUT2D eigenvalue weighted by Gasteiger charge is -2.23. The Balaban J connectivity index is 1.49. The molecule has 3 aromatic rings. The number of rotatable bonds is 5. The van der Waals surface area contributed by atoms with Crippen LogP contribution in [-0.4, -0.2) is 28.7 Å². The van der Waals surface area contributed by atoms with Gasteiger partial charge in [0.15, 0.2) is 0 Å². The second kappa shape index (κ2) is 7.07. The van der Waals surface area contributed by atoms with Crippen molar-refractivity contribution in [2.45, 2.75) is 25.4 Å². The van der Waals surface area contributed by atoms with Crippen LogP contribution in [0.2, 0.25) is 0 Å². The van der Waals surface area contributed by atoms with E-state index in [4.69, 9.17) is 9.26 Å². The third kappa shape index (κ3) is 3.42. The Bertz CT molecular complexity index is 814. The predicted octanol–water partition coefficient (Wildman–Crippen LogP) is 4.08. The van der Waals surface area contributed by atoms with Crippen molar-refractivity contribution in [1.82, 2.24) is 15.0 Å².